The predicted octanol–water partition coefficient (Wildman–Crippen LogP) is 15.8. The molecule has 6 heterocycles. The van der Waals surface area contributed by atoms with E-state index in [0.717, 1.165) is 11.4 Å². The maximum Gasteiger partial charge on any atom is 0.252 e. The molecule has 0 radical (unpaired) electrons. The fourth-order valence-corrected chi connectivity index (χ4v) is 15.6. The van der Waals surface area contributed by atoms with Gasteiger partial charge < -0.3 is 18.9 Å². The van der Waals surface area contributed by atoms with E-state index in [1.54, 1.807) is 0 Å². The Labute approximate surface area is 487 Å². The summed E-state index contributed by atoms with van der Waals surface area (Å²) in [5, 5.41) is 5.05. The van der Waals surface area contributed by atoms with Gasteiger partial charge in [-0.25, -0.2) is 0 Å². The lowest BCUT2D eigenvalue weighted by molar-refractivity contribution is 1.14. The van der Waals surface area contributed by atoms with Gasteiger partial charge in [-0.15, -0.1) is 0 Å². The van der Waals surface area contributed by atoms with Gasteiger partial charge in [0.1, 0.15) is 0 Å². The summed E-state index contributed by atoms with van der Waals surface area (Å²) in [6.07, 6.45) is 0. The van der Waals surface area contributed by atoms with Crippen LogP contribution >= 0.6 is 0 Å². The van der Waals surface area contributed by atoms with Crippen molar-refractivity contribution < 1.29 is 0 Å². The van der Waals surface area contributed by atoms with Crippen LogP contribution in [0.2, 0.25) is 0 Å². The first-order valence-electron chi connectivity index (χ1n) is 29.3. The van der Waals surface area contributed by atoms with Crippen molar-refractivity contribution in [3.8, 4) is 55.9 Å². The molecule has 19 rings (SSSR count). The Morgan fingerprint density at radius 2 is 0.595 bits per heavy atom. The molecule has 0 saturated carbocycles. The number of fused-ring (bicyclic) bond motifs is 16. The van der Waals surface area contributed by atoms with Gasteiger partial charge in [0, 0.05) is 66.8 Å². The van der Waals surface area contributed by atoms with E-state index in [2.05, 4.69) is 310 Å². The topological polar surface area (TPSA) is 16.3 Å². The highest BCUT2D eigenvalue weighted by Gasteiger charge is 2.48. The SMILES string of the molecule is c1ccc(-c2cc3c4c(-c5ccccc5)cccc4n4c3c3c2N(c2ccccc2)c2ccccc2B3c2cc3c(cc2-4)-n2c4cccc(-c5ccccc5)c4c4cc(-c5ccccc5)c5c(c42)B3c2ccccc2N5c2ccccc2)cc1. The lowest BCUT2D eigenvalue weighted by atomic mass is 9.30. The highest BCUT2D eigenvalue weighted by Crippen LogP contribution is 2.52. The molecule has 0 fully saturated rings. The van der Waals surface area contributed by atoms with Gasteiger partial charge in [0.05, 0.1) is 33.4 Å². The Kier molecular flexibility index (Phi) is 9.48. The van der Waals surface area contributed by atoms with Crippen molar-refractivity contribution in [1.29, 1.82) is 0 Å². The van der Waals surface area contributed by atoms with Crippen LogP contribution in [0.1, 0.15) is 0 Å². The molecule has 0 bridgehead atoms. The smallest absolute Gasteiger partial charge is 0.252 e. The molecular formula is C78H48B2N4. The Balaban J connectivity index is 1.02. The van der Waals surface area contributed by atoms with E-state index in [1.807, 2.05) is 0 Å². The van der Waals surface area contributed by atoms with Gasteiger partial charge in [0.15, 0.2) is 0 Å². The van der Waals surface area contributed by atoms with Crippen LogP contribution in [0.25, 0.3) is 99.5 Å². The number of nitrogens with zero attached hydrogens (tertiary/aromatic N) is 4. The van der Waals surface area contributed by atoms with E-state index >= 15 is 0 Å². The van der Waals surface area contributed by atoms with Crippen LogP contribution in [0.15, 0.2) is 291 Å². The van der Waals surface area contributed by atoms with Gasteiger partial charge >= 0.3 is 0 Å². The number of rotatable bonds is 6. The fraction of sp³-hybridized carbons (Fsp3) is 0. The highest BCUT2D eigenvalue weighted by molar-refractivity contribution is 7.03. The molecule has 0 aliphatic carbocycles. The maximum absolute atomic E-state index is 2.69. The van der Waals surface area contributed by atoms with Gasteiger partial charge in [-0.05, 0) is 133 Å². The average molecular weight is 1060 g/mol. The molecule has 0 N–H and O–H groups in total. The van der Waals surface area contributed by atoms with Crippen LogP contribution < -0.4 is 42.6 Å². The minimum Gasteiger partial charge on any atom is -0.311 e. The van der Waals surface area contributed by atoms with Crippen LogP contribution in [0.3, 0.4) is 0 Å². The maximum atomic E-state index is 2.69. The van der Waals surface area contributed by atoms with E-state index in [-0.39, 0.29) is 13.4 Å². The summed E-state index contributed by atoms with van der Waals surface area (Å²) in [5.41, 5.74) is 32.0. The van der Waals surface area contributed by atoms with Crippen LogP contribution in [-0.2, 0) is 0 Å². The minimum atomic E-state index is -0.123. The monoisotopic (exact) mass is 1060 g/mol. The van der Waals surface area contributed by atoms with Gasteiger partial charge in [-0.3, -0.25) is 0 Å². The Morgan fingerprint density at radius 3 is 0.988 bits per heavy atom. The summed E-state index contributed by atoms with van der Waals surface area (Å²) in [5.74, 6) is 0. The molecule has 84 heavy (non-hydrogen) atoms. The fourth-order valence-electron chi connectivity index (χ4n) is 15.6. The molecular weight excluding hydrogens is 1010 g/mol. The second kappa shape index (κ2) is 17.4. The lowest BCUT2D eigenvalue weighted by Crippen LogP contribution is -2.64. The molecule has 4 aliphatic rings. The molecule has 4 nitrogen and oxygen atoms in total. The first-order chi connectivity index (χ1) is 41.8. The van der Waals surface area contributed by atoms with Crippen molar-refractivity contribution in [3.05, 3.63) is 291 Å². The number of benzene rings is 13. The third-order valence-corrected chi connectivity index (χ3v) is 18.8. The second-order valence-corrected chi connectivity index (χ2v) is 23.0. The third kappa shape index (κ3) is 6.13. The molecule has 4 aliphatic heterocycles. The molecule has 0 saturated heterocycles. The molecule has 0 atom stereocenters. The Hall–Kier alpha value is -10.8. The Bertz CT molecular complexity index is 4930. The molecule has 0 amide bonds. The summed E-state index contributed by atoms with van der Waals surface area (Å²) in [6.45, 7) is -0.246. The molecule has 0 spiro atoms. The van der Waals surface area contributed by atoms with Crippen LogP contribution in [-0.4, -0.2) is 22.6 Å². The molecule has 6 heteroatoms. The van der Waals surface area contributed by atoms with E-state index in [0.29, 0.717) is 0 Å². The second-order valence-electron chi connectivity index (χ2n) is 23.0. The van der Waals surface area contributed by atoms with Crippen molar-refractivity contribution in [3.63, 3.8) is 0 Å². The molecule has 13 aromatic carbocycles. The van der Waals surface area contributed by atoms with Crippen LogP contribution in [0.5, 0.6) is 0 Å². The van der Waals surface area contributed by atoms with Gasteiger partial charge in [-0.2, -0.15) is 0 Å². The van der Waals surface area contributed by atoms with E-state index in [1.165, 1.54) is 155 Å². The van der Waals surface area contributed by atoms with Gasteiger partial charge in [-0.1, -0.05) is 224 Å². The number of hydrogen-bond acceptors (Lipinski definition) is 2. The van der Waals surface area contributed by atoms with Crippen molar-refractivity contribution >= 4 is 124 Å². The van der Waals surface area contributed by atoms with Crippen molar-refractivity contribution in [1.82, 2.24) is 9.13 Å². The summed E-state index contributed by atoms with van der Waals surface area (Å²) < 4.78 is 5.36. The molecule has 2 aromatic heterocycles. The third-order valence-electron chi connectivity index (χ3n) is 18.8. The largest absolute Gasteiger partial charge is 0.311 e. The Morgan fingerprint density at radius 1 is 0.250 bits per heavy atom. The van der Waals surface area contributed by atoms with E-state index in [4.69, 9.17) is 0 Å². The normalized spacial score (nSPS) is 13.1. The zero-order valence-electron chi connectivity index (χ0n) is 45.7. The van der Waals surface area contributed by atoms with Gasteiger partial charge in [0.25, 0.3) is 13.4 Å². The molecule has 15 aromatic rings. The summed E-state index contributed by atoms with van der Waals surface area (Å²) >= 11 is 0. The summed E-state index contributed by atoms with van der Waals surface area (Å²) in [4.78, 5) is 5.14. The first kappa shape index (κ1) is 45.9. The predicted molar refractivity (Wildman–Crippen MR) is 356 cm³/mol. The van der Waals surface area contributed by atoms with Gasteiger partial charge in [0.2, 0.25) is 0 Å². The average Bonchev–Trinajstić information content (AvgIpc) is 1.38. The summed E-state index contributed by atoms with van der Waals surface area (Å²) in [6, 6.07) is 109. The van der Waals surface area contributed by atoms with Crippen LogP contribution in [0, 0.1) is 0 Å². The van der Waals surface area contributed by atoms with Crippen LogP contribution in [0.4, 0.5) is 34.1 Å². The van der Waals surface area contributed by atoms with E-state index in [9.17, 15) is 0 Å². The zero-order valence-corrected chi connectivity index (χ0v) is 45.7. The number of aromatic nitrogens is 2. The minimum absolute atomic E-state index is 0.123. The van der Waals surface area contributed by atoms with E-state index < -0.39 is 0 Å². The number of hydrogen-bond donors (Lipinski definition) is 0. The quantitative estimate of drug-likeness (QED) is 0.154. The molecule has 0 unspecified atom stereocenters. The first-order valence-corrected chi connectivity index (χ1v) is 29.3. The zero-order chi connectivity index (χ0) is 54.7. The number of anilines is 6. The number of para-hydroxylation sites is 4. The van der Waals surface area contributed by atoms with Crippen molar-refractivity contribution in [2.45, 2.75) is 0 Å². The lowest BCUT2D eigenvalue weighted by Gasteiger charge is -2.43. The van der Waals surface area contributed by atoms with Crippen molar-refractivity contribution in [2.75, 3.05) is 9.80 Å². The standard InChI is InChI=1S/C78H48B2N4/c1-7-25-49(26-8-1)55-37-23-43-67-71(55)59-45-57(51-29-11-3-12-30-51)75-73-77(59)83(67)69-48-70-64(47-63(69)79(73)61-39-19-21-41-65(61)81(75)53-33-15-5-16-34-53)80-62-40-20-22-42-66(62)82(54-35-17-6-18-36-54)76-58(52-31-13-4-14-32-52)46-60-72-56(50-27-9-2-10-28-50)38-24-44-68(72)84(70)78(60)74(76)80/h1-48H. The van der Waals surface area contributed by atoms with Crippen molar-refractivity contribution in [2.24, 2.45) is 0 Å². The molecule has 386 valence electrons. The summed E-state index contributed by atoms with van der Waals surface area (Å²) in [7, 11) is 0. The highest BCUT2D eigenvalue weighted by atomic mass is 15.2.